The molecule has 27 heavy (non-hydrogen) atoms. The summed E-state index contributed by atoms with van der Waals surface area (Å²) < 4.78 is 23.4. The van der Waals surface area contributed by atoms with E-state index in [4.69, 9.17) is 0 Å². The predicted molar refractivity (Wildman–Crippen MR) is 126 cm³/mol. The Balaban J connectivity index is 0.00000676. The number of guanidine groups is 1. The van der Waals surface area contributed by atoms with Crippen LogP contribution in [0.15, 0.2) is 33.7 Å². The maximum atomic E-state index is 12.0. The van der Waals surface area contributed by atoms with Crippen molar-refractivity contribution in [1.82, 2.24) is 10.6 Å². The molecule has 0 aliphatic carbocycles. The van der Waals surface area contributed by atoms with Gasteiger partial charge in [-0.3, -0.25) is 9.79 Å². The highest BCUT2D eigenvalue weighted by Gasteiger charge is 2.09. The third-order valence-corrected chi connectivity index (χ3v) is 4.89. The molecule has 1 aromatic carbocycles. The zero-order valence-electron chi connectivity index (χ0n) is 15.8. The standard InChI is InChI=1S/C17H27BrN4O3S.HI/c1-4-19-17(21-13(2)10-12-26(3,24)25)20-11-9-16(23)22-15-7-5-14(18)6-8-15;/h5-8,13H,4,9-12H2,1-3H3,(H,22,23)(H2,19,20,21);1H. The Labute approximate surface area is 187 Å². The lowest BCUT2D eigenvalue weighted by atomic mass is 10.3. The first-order chi connectivity index (χ1) is 12.2. The minimum absolute atomic E-state index is 0. The van der Waals surface area contributed by atoms with Crippen molar-refractivity contribution in [2.45, 2.75) is 32.7 Å². The molecule has 7 nitrogen and oxygen atoms in total. The summed E-state index contributed by atoms with van der Waals surface area (Å²) in [6, 6.07) is 7.32. The van der Waals surface area contributed by atoms with Gasteiger partial charge in [0.2, 0.25) is 5.91 Å². The Morgan fingerprint density at radius 3 is 2.44 bits per heavy atom. The number of rotatable bonds is 9. The van der Waals surface area contributed by atoms with Crippen molar-refractivity contribution in [3.63, 3.8) is 0 Å². The molecule has 1 unspecified atom stereocenters. The Morgan fingerprint density at radius 1 is 1.26 bits per heavy atom. The molecule has 1 amide bonds. The van der Waals surface area contributed by atoms with Crippen LogP contribution in [0.4, 0.5) is 5.69 Å². The van der Waals surface area contributed by atoms with Crippen LogP contribution in [0.2, 0.25) is 0 Å². The fourth-order valence-electron chi connectivity index (χ4n) is 2.04. The van der Waals surface area contributed by atoms with Gasteiger partial charge in [0.15, 0.2) is 5.96 Å². The zero-order valence-corrected chi connectivity index (χ0v) is 20.5. The molecule has 1 atom stereocenters. The molecular formula is C17H28BrIN4O3S. The second-order valence-electron chi connectivity index (χ2n) is 6.03. The van der Waals surface area contributed by atoms with E-state index in [-0.39, 0.29) is 48.1 Å². The van der Waals surface area contributed by atoms with Crippen molar-refractivity contribution >= 4 is 67.3 Å². The van der Waals surface area contributed by atoms with E-state index in [1.54, 1.807) is 0 Å². The van der Waals surface area contributed by atoms with Gasteiger partial charge in [-0.1, -0.05) is 15.9 Å². The Kier molecular flexibility index (Phi) is 12.9. The summed E-state index contributed by atoms with van der Waals surface area (Å²) >= 11 is 3.35. The molecule has 0 fully saturated rings. The average Bonchev–Trinajstić information content (AvgIpc) is 2.54. The molecule has 0 spiro atoms. The first-order valence-corrected chi connectivity index (χ1v) is 11.3. The van der Waals surface area contributed by atoms with Crippen LogP contribution in [0.3, 0.4) is 0 Å². The van der Waals surface area contributed by atoms with E-state index in [9.17, 15) is 13.2 Å². The number of aliphatic imine (C=N–C) groups is 1. The van der Waals surface area contributed by atoms with Crippen molar-refractivity contribution in [2.75, 3.05) is 30.4 Å². The second-order valence-corrected chi connectivity index (χ2v) is 9.21. The highest BCUT2D eigenvalue weighted by molar-refractivity contribution is 14.0. The number of amides is 1. The van der Waals surface area contributed by atoms with Gasteiger partial charge in [-0.15, -0.1) is 24.0 Å². The van der Waals surface area contributed by atoms with Crippen molar-refractivity contribution in [2.24, 2.45) is 4.99 Å². The highest BCUT2D eigenvalue weighted by atomic mass is 127. The first kappa shape index (κ1) is 26.1. The summed E-state index contributed by atoms with van der Waals surface area (Å²) in [5.41, 5.74) is 0.738. The summed E-state index contributed by atoms with van der Waals surface area (Å²) in [6.45, 7) is 4.85. The van der Waals surface area contributed by atoms with Crippen molar-refractivity contribution in [1.29, 1.82) is 0 Å². The normalized spacial score (nSPS) is 12.7. The van der Waals surface area contributed by atoms with Gasteiger partial charge in [0.25, 0.3) is 0 Å². The molecule has 154 valence electrons. The van der Waals surface area contributed by atoms with Gasteiger partial charge in [-0.2, -0.15) is 0 Å². The summed E-state index contributed by atoms with van der Waals surface area (Å²) in [7, 11) is -2.98. The average molecular weight is 575 g/mol. The molecular weight excluding hydrogens is 547 g/mol. The van der Waals surface area contributed by atoms with Gasteiger partial charge < -0.3 is 16.0 Å². The fraction of sp³-hybridized carbons (Fsp3) is 0.529. The maximum absolute atomic E-state index is 12.0. The third-order valence-electron chi connectivity index (χ3n) is 3.39. The molecule has 1 aromatic rings. The van der Waals surface area contributed by atoms with Crippen LogP contribution >= 0.6 is 39.9 Å². The van der Waals surface area contributed by atoms with Crippen LogP contribution in [0, 0.1) is 0 Å². The monoisotopic (exact) mass is 574 g/mol. The van der Waals surface area contributed by atoms with E-state index in [2.05, 4.69) is 36.9 Å². The molecule has 0 saturated carbocycles. The summed E-state index contributed by atoms with van der Waals surface area (Å²) in [5, 5.41) is 9.07. The number of benzene rings is 1. The topological polar surface area (TPSA) is 99.7 Å². The van der Waals surface area contributed by atoms with Gasteiger partial charge in [-0.25, -0.2) is 8.42 Å². The number of sulfone groups is 1. The van der Waals surface area contributed by atoms with Crippen LogP contribution < -0.4 is 16.0 Å². The van der Waals surface area contributed by atoms with E-state index >= 15 is 0 Å². The van der Waals surface area contributed by atoms with Gasteiger partial charge in [0, 0.05) is 35.4 Å². The number of halogens is 2. The molecule has 3 N–H and O–H groups in total. The zero-order chi connectivity index (χ0) is 19.6. The van der Waals surface area contributed by atoms with Crippen LogP contribution in [0.25, 0.3) is 0 Å². The van der Waals surface area contributed by atoms with Crippen molar-refractivity contribution < 1.29 is 13.2 Å². The number of hydrogen-bond donors (Lipinski definition) is 3. The van der Waals surface area contributed by atoms with Crippen LogP contribution in [0.1, 0.15) is 26.7 Å². The predicted octanol–water partition coefficient (Wildman–Crippen LogP) is 2.77. The number of nitrogens with zero attached hydrogens (tertiary/aromatic N) is 1. The van der Waals surface area contributed by atoms with E-state index in [0.29, 0.717) is 25.5 Å². The van der Waals surface area contributed by atoms with Gasteiger partial charge in [0.05, 0.1) is 12.3 Å². The number of nitrogens with one attached hydrogen (secondary N) is 3. The van der Waals surface area contributed by atoms with Crippen molar-refractivity contribution in [3.05, 3.63) is 28.7 Å². The minimum Gasteiger partial charge on any atom is -0.357 e. The fourth-order valence-corrected chi connectivity index (χ4v) is 3.09. The summed E-state index contributed by atoms with van der Waals surface area (Å²) in [4.78, 5) is 16.3. The minimum atomic E-state index is -2.98. The van der Waals surface area contributed by atoms with Gasteiger partial charge >= 0.3 is 0 Å². The molecule has 10 heteroatoms. The Bertz CT molecular complexity index is 711. The second kappa shape index (κ2) is 13.3. The largest absolute Gasteiger partial charge is 0.357 e. The number of carbonyl (C=O) groups is 1. The lowest BCUT2D eigenvalue weighted by Crippen LogP contribution is -2.43. The first-order valence-electron chi connectivity index (χ1n) is 8.47. The summed E-state index contributed by atoms with van der Waals surface area (Å²) in [5.74, 6) is 0.581. The quantitative estimate of drug-likeness (QED) is 0.239. The van der Waals surface area contributed by atoms with E-state index in [0.717, 1.165) is 10.2 Å². The number of hydrogen-bond acceptors (Lipinski definition) is 4. The number of anilines is 1. The molecule has 0 aromatic heterocycles. The summed E-state index contributed by atoms with van der Waals surface area (Å²) in [6.07, 6.45) is 1.97. The molecule has 0 saturated heterocycles. The molecule has 0 heterocycles. The highest BCUT2D eigenvalue weighted by Crippen LogP contribution is 2.14. The van der Waals surface area contributed by atoms with E-state index in [1.165, 1.54) is 6.26 Å². The van der Waals surface area contributed by atoms with Crippen LogP contribution in [-0.2, 0) is 14.6 Å². The van der Waals surface area contributed by atoms with Gasteiger partial charge in [0.1, 0.15) is 9.84 Å². The SMILES string of the molecule is CCNC(=NCCC(=O)Nc1ccc(Br)cc1)NC(C)CCS(C)(=O)=O.I. The number of carbonyl (C=O) groups excluding carboxylic acids is 1. The van der Waals surface area contributed by atoms with E-state index < -0.39 is 9.84 Å². The third kappa shape index (κ3) is 13.0. The van der Waals surface area contributed by atoms with Crippen LogP contribution in [-0.4, -0.2) is 51.4 Å². The Hall–Kier alpha value is -0.880. The molecule has 0 aliphatic rings. The smallest absolute Gasteiger partial charge is 0.226 e. The van der Waals surface area contributed by atoms with Crippen LogP contribution in [0.5, 0.6) is 0 Å². The van der Waals surface area contributed by atoms with Gasteiger partial charge in [-0.05, 0) is 44.5 Å². The maximum Gasteiger partial charge on any atom is 0.226 e. The lowest BCUT2D eigenvalue weighted by molar-refractivity contribution is -0.116. The van der Waals surface area contributed by atoms with Crippen molar-refractivity contribution in [3.8, 4) is 0 Å². The molecule has 0 bridgehead atoms. The molecule has 0 aliphatic heterocycles. The molecule has 0 radical (unpaired) electrons. The Morgan fingerprint density at radius 2 is 1.89 bits per heavy atom. The van der Waals surface area contributed by atoms with E-state index in [1.807, 2.05) is 38.1 Å². The lowest BCUT2D eigenvalue weighted by Gasteiger charge is -2.17. The molecule has 1 rings (SSSR count).